The van der Waals surface area contributed by atoms with Crippen molar-refractivity contribution in [2.24, 2.45) is 0 Å². The van der Waals surface area contributed by atoms with Crippen molar-refractivity contribution >= 4 is 59.3 Å². The van der Waals surface area contributed by atoms with E-state index in [9.17, 15) is 0 Å². The molecule has 1 heterocycles. The van der Waals surface area contributed by atoms with E-state index in [1.807, 2.05) is 11.3 Å². The Balaban J connectivity index is 1.25. The number of nitrogens with zero attached hydrogens (tertiary/aromatic N) is 1. The molecule has 0 atom stereocenters. The fourth-order valence-corrected chi connectivity index (χ4v) is 10.3. The number of fused-ring (bicyclic) bond motifs is 7. The first-order valence-corrected chi connectivity index (χ1v) is 19.6. The maximum Gasteiger partial charge on any atom is 0.0621 e. The summed E-state index contributed by atoms with van der Waals surface area (Å²) in [6.45, 7) is 4.73. The van der Waals surface area contributed by atoms with E-state index in [2.05, 4.69) is 195 Å². The average molecular weight is 698 g/mol. The van der Waals surface area contributed by atoms with Gasteiger partial charge < -0.3 is 4.90 Å². The van der Waals surface area contributed by atoms with Gasteiger partial charge in [-0.15, -0.1) is 11.3 Å². The van der Waals surface area contributed by atoms with Gasteiger partial charge in [0.2, 0.25) is 0 Å². The zero-order chi connectivity index (χ0) is 35.5. The Kier molecular flexibility index (Phi) is 7.56. The van der Waals surface area contributed by atoms with Crippen molar-refractivity contribution in [3.05, 3.63) is 187 Å². The van der Waals surface area contributed by atoms with Crippen LogP contribution in [-0.4, -0.2) is 0 Å². The maximum absolute atomic E-state index is 2.55. The van der Waals surface area contributed by atoms with Crippen molar-refractivity contribution in [1.29, 1.82) is 0 Å². The van der Waals surface area contributed by atoms with E-state index in [0.717, 1.165) is 18.5 Å². The Morgan fingerprint density at radius 3 is 1.79 bits per heavy atom. The number of benzene rings is 8. The molecule has 1 aliphatic rings. The zero-order valence-electron chi connectivity index (χ0n) is 30.0. The second-order valence-corrected chi connectivity index (χ2v) is 15.4. The van der Waals surface area contributed by atoms with Crippen molar-refractivity contribution < 1.29 is 0 Å². The minimum absolute atomic E-state index is 0.0448. The summed E-state index contributed by atoms with van der Waals surface area (Å²) < 4.78 is 2.62. The molecule has 0 bridgehead atoms. The molecule has 0 saturated heterocycles. The quantitative estimate of drug-likeness (QED) is 0.160. The highest BCUT2D eigenvalue weighted by Crippen LogP contribution is 2.59. The number of anilines is 3. The van der Waals surface area contributed by atoms with E-state index in [1.165, 1.54) is 86.8 Å². The molecule has 0 fully saturated rings. The Hall–Kier alpha value is -5.96. The van der Waals surface area contributed by atoms with Crippen molar-refractivity contribution in [2.45, 2.75) is 32.1 Å². The lowest BCUT2D eigenvalue weighted by molar-refractivity contribution is 0.491. The van der Waals surface area contributed by atoms with Crippen LogP contribution in [0, 0.1) is 0 Å². The van der Waals surface area contributed by atoms with Crippen LogP contribution >= 0.6 is 11.3 Å². The second-order valence-electron chi connectivity index (χ2n) is 14.3. The Bertz CT molecular complexity index is 2800. The number of rotatable bonds is 7. The van der Waals surface area contributed by atoms with Crippen molar-refractivity contribution in [2.75, 3.05) is 4.90 Å². The molecule has 254 valence electrons. The number of hydrogen-bond donors (Lipinski definition) is 0. The summed E-state index contributed by atoms with van der Waals surface area (Å²) in [5.74, 6) is 0. The summed E-state index contributed by atoms with van der Waals surface area (Å²) in [6.07, 6.45) is 2.10. The normalized spacial score (nSPS) is 13.0. The first-order chi connectivity index (χ1) is 26.2. The Morgan fingerprint density at radius 2 is 1.04 bits per heavy atom. The smallest absolute Gasteiger partial charge is 0.0621 e. The highest BCUT2D eigenvalue weighted by atomic mass is 32.1. The van der Waals surface area contributed by atoms with Crippen molar-refractivity contribution in [1.82, 2.24) is 0 Å². The topological polar surface area (TPSA) is 3.24 Å². The maximum atomic E-state index is 2.55. The van der Waals surface area contributed by atoms with Crippen LogP contribution in [0.5, 0.6) is 0 Å². The molecule has 2 heteroatoms. The van der Waals surface area contributed by atoms with Gasteiger partial charge in [-0.3, -0.25) is 0 Å². The lowest BCUT2D eigenvalue weighted by Crippen LogP contribution is -2.23. The SMILES string of the molecule is CCC1(CC)c2ccccc2-c2c1cc1ccccc1c2N(c1ccc(-c2ccccc2-c2ccccc2)cc1)c1ccc2c(c1)sc1ccccc12. The van der Waals surface area contributed by atoms with Crippen molar-refractivity contribution in [3.63, 3.8) is 0 Å². The van der Waals surface area contributed by atoms with Crippen LogP contribution in [0.2, 0.25) is 0 Å². The van der Waals surface area contributed by atoms with E-state index in [4.69, 9.17) is 0 Å². The summed E-state index contributed by atoms with van der Waals surface area (Å²) in [7, 11) is 0. The number of hydrogen-bond acceptors (Lipinski definition) is 2. The Morgan fingerprint density at radius 1 is 0.453 bits per heavy atom. The molecule has 0 N–H and O–H groups in total. The second kappa shape index (κ2) is 12.6. The minimum Gasteiger partial charge on any atom is -0.309 e. The standard InChI is InChI=1S/C51H39NS/c1-3-51(4-2)45-24-14-12-23-44(45)49-46(51)32-36-18-8-9-21-41(36)50(49)52(38-30-31-43-42-22-13-15-25-47(42)53-48(43)33-38)37-28-26-35(27-29-37)40-20-11-10-19-39(40)34-16-6-5-7-17-34/h5-33H,3-4H2,1-2H3. The molecule has 0 amide bonds. The molecule has 10 rings (SSSR count). The molecule has 9 aromatic rings. The largest absolute Gasteiger partial charge is 0.309 e. The Labute approximate surface area is 315 Å². The monoisotopic (exact) mass is 697 g/mol. The molecule has 0 saturated carbocycles. The molecule has 1 nitrogen and oxygen atoms in total. The van der Waals surface area contributed by atoms with E-state index in [0.29, 0.717) is 0 Å². The molecule has 0 radical (unpaired) electrons. The molecular formula is C51H39NS. The lowest BCUT2D eigenvalue weighted by atomic mass is 9.73. The van der Waals surface area contributed by atoms with Crippen LogP contribution in [0.4, 0.5) is 17.1 Å². The van der Waals surface area contributed by atoms with Crippen LogP contribution in [0.3, 0.4) is 0 Å². The van der Waals surface area contributed by atoms with E-state index in [-0.39, 0.29) is 5.41 Å². The van der Waals surface area contributed by atoms with E-state index < -0.39 is 0 Å². The summed E-state index contributed by atoms with van der Waals surface area (Å²) in [5, 5.41) is 5.18. The molecule has 1 aliphatic carbocycles. The van der Waals surface area contributed by atoms with E-state index in [1.54, 1.807) is 0 Å². The van der Waals surface area contributed by atoms with Gasteiger partial charge in [0.15, 0.2) is 0 Å². The van der Waals surface area contributed by atoms with Gasteiger partial charge in [0, 0.05) is 47.9 Å². The fourth-order valence-electron chi connectivity index (χ4n) is 9.14. The van der Waals surface area contributed by atoms with Gasteiger partial charge in [-0.25, -0.2) is 0 Å². The molecule has 0 unspecified atom stereocenters. The van der Waals surface area contributed by atoms with Crippen molar-refractivity contribution in [3.8, 4) is 33.4 Å². The predicted octanol–water partition coefficient (Wildman–Crippen LogP) is 15.1. The van der Waals surface area contributed by atoms with Gasteiger partial charge in [0.1, 0.15) is 0 Å². The predicted molar refractivity (Wildman–Crippen MR) is 229 cm³/mol. The zero-order valence-corrected chi connectivity index (χ0v) is 30.8. The molecule has 53 heavy (non-hydrogen) atoms. The third kappa shape index (κ3) is 4.90. The van der Waals surface area contributed by atoms with Crippen LogP contribution in [0.25, 0.3) is 64.3 Å². The lowest BCUT2D eigenvalue weighted by Gasteiger charge is -2.32. The molecule has 0 spiro atoms. The van der Waals surface area contributed by atoms with Crippen LogP contribution in [0.15, 0.2) is 176 Å². The third-order valence-corrected chi connectivity index (χ3v) is 12.9. The van der Waals surface area contributed by atoms with Gasteiger partial charge in [0.25, 0.3) is 0 Å². The van der Waals surface area contributed by atoms with Crippen LogP contribution in [-0.2, 0) is 5.41 Å². The van der Waals surface area contributed by atoms with Gasteiger partial charge in [0.05, 0.1) is 5.69 Å². The first kappa shape index (κ1) is 31.7. The summed E-state index contributed by atoms with van der Waals surface area (Å²) in [5.41, 5.74) is 14.0. The molecular weight excluding hydrogens is 659 g/mol. The van der Waals surface area contributed by atoms with E-state index >= 15 is 0 Å². The van der Waals surface area contributed by atoms with Gasteiger partial charge in [-0.1, -0.05) is 153 Å². The highest BCUT2D eigenvalue weighted by Gasteiger charge is 2.43. The highest BCUT2D eigenvalue weighted by molar-refractivity contribution is 7.25. The van der Waals surface area contributed by atoms with Crippen LogP contribution < -0.4 is 4.90 Å². The summed E-state index contributed by atoms with van der Waals surface area (Å²) >= 11 is 1.88. The summed E-state index contributed by atoms with van der Waals surface area (Å²) in [4.78, 5) is 2.55. The first-order valence-electron chi connectivity index (χ1n) is 18.8. The van der Waals surface area contributed by atoms with Gasteiger partial charge in [-0.05, 0) is 93.6 Å². The fraction of sp³-hybridized carbons (Fsp3) is 0.0980. The molecule has 0 aliphatic heterocycles. The number of thiophene rings is 1. The molecule has 1 aromatic heterocycles. The minimum atomic E-state index is -0.0448. The average Bonchev–Trinajstić information content (AvgIpc) is 3.74. The van der Waals surface area contributed by atoms with Gasteiger partial charge in [-0.2, -0.15) is 0 Å². The van der Waals surface area contributed by atoms with Crippen LogP contribution in [0.1, 0.15) is 37.8 Å². The molecule has 8 aromatic carbocycles. The summed E-state index contributed by atoms with van der Waals surface area (Å²) in [6, 6.07) is 65.3. The third-order valence-electron chi connectivity index (χ3n) is 11.7. The van der Waals surface area contributed by atoms with Gasteiger partial charge >= 0.3 is 0 Å².